The van der Waals surface area contributed by atoms with Crippen LogP contribution in [0.5, 0.6) is 0 Å². The smallest absolute Gasteiger partial charge is 0.107 e. The van der Waals surface area contributed by atoms with E-state index in [9.17, 15) is 0 Å². The van der Waals surface area contributed by atoms with Gasteiger partial charge in [0.15, 0.2) is 0 Å². The summed E-state index contributed by atoms with van der Waals surface area (Å²) in [5.41, 5.74) is 0. The van der Waals surface area contributed by atoms with Gasteiger partial charge in [-0.1, -0.05) is 0 Å². The van der Waals surface area contributed by atoms with Gasteiger partial charge < -0.3 is 5.32 Å². The molecule has 1 N–H and O–H groups in total. The molecule has 0 aromatic carbocycles. The van der Waals surface area contributed by atoms with Crippen LogP contribution in [0, 0.1) is 0 Å². The molecule has 3 rings (SSSR count). The van der Waals surface area contributed by atoms with Gasteiger partial charge in [-0.2, -0.15) is 11.8 Å². The highest BCUT2D eigenvalue weighted by molar-refractivity contribution is 8.06. The van der Waals surface area contributed by atoms with E-state index in [1.807, 2.05) is 11.3 Å². The first kappa shape index (κ1) is 11.4. The third-order valence-electron chi connectivity index (χ3n) is 2.81. The molecule has 2 fully saturated rings. The van der Waals surface area contributed by atoms with Gasteiger partial charge in [0.1, 0.15) is 5.01 Å². The van der Waals surface area contributed by atoms with Gasteiger partial charge in [-0.3, -0.25) is 0 Å². The van der Waals surface area contributed by atoms with Crippen LogP contribution in [-0.4, -0.2) is 28.3 Å². The van der Waals surface area contributed by atoms with Crippen molar-refractivity contribution < 1.29 is 0 Å². The maximum atomic E-state index is 4.58. The molecule has 1 aromatic heterocycles. The summed E-state index contributed by atoms with van der Waals surface area (Å²) < 4.78 is 0. The molecule has 1 aromatic rings. The molecular weight excluding hydrogens is 256 g/mol. The molecule has 2 heterocycles. The van der Waals surface area contributed by atoms with Crippen LogP contribution in [0.3, 0.4) is 0 Å². The fraction of sp³-hybridized carbons (Fsp3) is 0.727. The molecule has 1 aliphatic carbocycles. The summed E-state index contributed by atoms with van der Waals surface area (Å²) >= 11 is 6.04. The summed E-state index contributed by atoms with van der Waals surface area (Å²) in [7, 11) is 0. The van der Waals surface area contributed by atoms with Gasteiger partial charge in [0, 0.05) is 40.9 Å². The van der Waals surface area contributed by atoms with Crippen LogP contribution in [-0.2, 0) is 6.54 Å². The van der Waals surface area contributed by atoms with E-state index in [1.54, 1.807) is 0 Å². The van der Waals surface area contributed by atoms with Crippen LogP contribution >= 0.6 is 34.9 Å². The van der Waals surface area contributed by atoms with Crippen molar-refractivity contribution in [3.8, 4) is 0 Å². The number of aromatic nitrogens is 1. The van der Waals surface area contributed by atoms with E-state index in [0.29, 0.717) is 5.25 Å². The van der Waals surface area contributed by atoms with Gasteiger partial charge in [0.2, 0.25) is 0 Å². The minimum Gasteiger partial charge on any atom is -0.309 e. The van der Waals surface area contributed by atoms with Crippen LogP contribution in [0.25, 0.3) is 0 Å². The van der Waals surface area contributed by atoms with Crippen molar-refractivity contribution in [1.82, 2.24) is 10.3 Å². The first-order chi connectivity index (χ1) is 7.92. The van der Waals surface area contributed by atoms with E-state index in [2.05, 4.69) is 40.0 Å². The van der Waals surface area contributed by atoms with Gasteiger partial charge in [-0.15, -0.1) is 23.1 Å². The quantitative estimate of drug-likeness (QED) is 0.911. The van der Waals surface area contributed by atoms with Crippen molar-refractivity contribution in [3.05, 3.63) is 16.1 Å². The predicted molar refractivity (Wildman–Crippen MR) is 74.5 cm³/mol. The Balaban J connectivity index is 1.57. The third kappa shape index (κ3) is 2.94. The average Bonchev–Trinajstić information content (AvgIpc) is 3.05. The SMILES string of the molecule is c1nc(C2CSCCS2)sc1CNC1CC1. The lowest BCUT2D eigenvalue weighted by Crippen LogP contribution is -2.14. The molecule has 1 saturated carbocycles. The highest BCUT2D eigenvalue weighted by Gasteiger charge is 2.22. The van der Waals surface area contributed by atoms with Gasteiger partial charge in [-0.05, 0) is 12.8 Å². The predicted octanol–water partition coefficient (Wildman–Crippen LogP) is 2.92. The molecular formula is C11H16N2S3. The molecule has 1 unspecified atom stereocenters. The minimum atomic E-state index is 0.651. The number of thioether (sulfide) groups is 2. The summed E-state index contributed by atoms with van der Waals surface area (Å²) in [6.07, 6.45) is 4.79. The molecule has 1 aliphatic heterocycles. The first-order valence-electron chi connectivity index (χ1n) is 5.79. The standard InChI is InChI=1S/C11H16N2S3/c1-2-8(1)12-5-9-6-13-11(16-9)10-7-14-3-4-15-10/h6,8,10,12H,1-5,7H2. The molecule has 0 amide bonds. The van der Waals surface area contributed by atoms with Crippen LogP contribution < -0.4 is 5.32 Å². The lowest BCUT2D eigenvalue weighted by Gasteiger charge is -2.18. The van der Waals surface area contributed by atoms with Gasteiger partial charge >= 0.3 is 0 Å². The summed E-state index contributed by atoms with van der Waals surface area (Å²) in [5, 5.41) is 5.54. The number of rotatable bonds is 4. The largest absolute Gasteiger partial charge is 0.309 e. The Labute approximate surface area is 109 Å². The monoisotopic (exact) mass is 272 g/mol. The summed E-state index contributed by atoms with van der Waals surface area (Å²) in [6, 6.07) is 0.796. The van der Waals surface area contributed by atoms with E-state index in [-0.39, 0.29) is 0 Å². The first-order valence-corrected chi connectivity index (χ1v) is 8.81. The van der Waals surface area contributed by atoms with Crippen molar-refractivity contribution >= 4 is 34.9 Å². The molecule has 0 radical (unpaired) electrons. The molecule has 16 heavy (non-hydrogen) atoms. The normalized spacial score (nSPS) is 25.9. The zero-order valence-corrected chi connectivity index (χ0v) is 11.6. The van der Waals surface area contributed by atoms with Crippen LogP contribution in [0.2, 0.25) is 0 Å². The minimum absolute atomic E-state index is 0.651. The second-order valence-electron chi connectivity index (χ2n) is 4.25. The van der Waals surface area contributed by atoms with E-state index in [1.165, 1.54) is 40.0 Å². The number of thiazole rings is 1. The molecule has 2 nitrogen and oxygen atoms in total. The Kier molecular flexibility index (Phi) is 3.77. The van der Waals surface area contributed by atoms with Crippen LogP contribution in [0.1, 0.15) is 28.0 Å². The molecule has 1 atom stereocenters. The molecule has 2 aliphatic rings. The third-order valence-corrected chi connectivity index (χ3v) is 6.83. The zero-order valence-electron chi connectivity index (χ0n) is 9.15. The summed E-state index contributed by atoms with van der Waals surface area (Å²) in [6.45, 7) is 1.02. The highest BCUT2D eigenvalue weighted by atomic mass is 32.2. The molecule has 1 saturated heterocycles. The van der Waals surface area contributed by atoms with Crippen molar-refractivity contribution in [1.29, 1.82) is 0 Å². The number of hydrogen-bond donors (Lipinski definition) is 1. The van der Waals surface area contributed by atoms with E-state index in [4.69, 9.17) is 0 Å². The fourth-order valence-electron chi connectivity index (χ4n) is 1.72. The molecule has 88 valence electrons. The van der Waals surface area contributed by atoms with Crippen molar-refractivity contribution in [2.75, 3.05) is 17.3 Å². The van der Waals surface area contributed by atoms with E-state index >= 15 is 0 Å². The maximum absolute atomic E-state index is 4.58. The molecule has 0 bridgehead atoms. The van der Waals surface area contributed by atoms with Crippen molar-refractivity contribution in [2.24, 2.45) is 0 Å². The summed E-state index contributed by atoms with van der Waals surface area (Å²) in [4.78, 5) is 5.98. The lowest BCUT2D eigenvalue weighted by molar-refractivity contribution is 0.694. The van der Waals surface area contributed by atoms with Gasteiger partial charge in [0.25, 0.3) is 0 Å². The van der Waals surface area contributed by atoms with Gasteiger partial charge in [0.05, 0.1) is 5.25 Å². The van der Waals surface area contributed by atoms with Crippen molar-refractivity contribution in [2.45, 2.75) is 30.7 Å². The van der Waals surface area contributed by atoms with Crippen LogP contribution in [0.15, 0.2) is 6.20 Å². The lowest BCUT2D eigenvalue weighted by atomic mass is 10.5. The van der Waals surface area contributed by atoms with Gasteiger partial charge in [-0.25, -0.2) is 4.98 Å². The summed E-state index contributed by atoms with van der Waals surface area (Å²) in [5.74, 6) is 3.83. The average molecular weight is 272 g/mol. The van der Waals surface area contributed by atoms with E-state index in [0.717, 1.165) is 12.6 Å². The molecule has 5 heteroatoms. The number of nitrogens with one attached hydrogen (secondary N) is 1. The van der Waals surface area contributed by atoms with E-state index < -0.39 is 0 Å². The Morgan fingerprint density at radius 2 is 2.31 bits per heavy atom. The Bertz CT molecular complexity index is 343. The molecule has 0 spiro atoms. The number of hydrogen-bond acceptors (Lipinski definition) is 5. The fourth-order valence-corrected chi connectivity index (χ4v) is 5.58. The highest BCUT2D eigenvalue weighted by Crippen LogP contribution is 2.38. The second kappa shape index (κ2) is 5.29. The number of nitrogens with zero attached hydrogens (tertiary/aromatic N) is 1. The second-order valence-corrected chi connectivity index (χ2v) is 7.86. The van der Waals surface area contributed by atoms with Crippen LogP contribution in [0.4, 0.5) is 0 Å². The zero-order chi connectivity index (χ0) is 10.8. The Morgan fingerprint density at radius 3 is 3.06 bits per heavy atom. The van der Waals surface area contributed by atoms with Crippen molar-refractivity contribution in [3.63, 3.8) is 0 Å². The maximum Gasteiger partial charge on any atom is 0.107 e. The Hall–Kier alpha value is 0.290. The Morgan fingerprint density at radius 1 is 1.38 bits per heavy atom. The topological polar surface area (TPSA) is 24.9 Å².